The van der Waals surface area contributed by atoms with Crippen LogP contribution < -0.4 is 0 Å². The van der Waals surface area contributed by atoms with Crippen LogP contribution in [0, 0.1) is 0 Å². The number of fused-ring (bicyclic) bond motifs is 1. The van der Waals surface area contributed by atoms with Gasteiger partial charge in [-0.25, -0.2) is 4.98 Å². The molecule has 0 aliphatic carbocycles. The summed E-state index contributed by atoms with van der Waals surface area (Å²) in [6, 6.07) is 22.6. The molecule has 30 heavy (non-hydrogen) atoms. The van der Waals surface area contributed by atoms with Gasteiger partial charge in [0.25, 0.3) is 0 Å². The molecule has 0 spiro atoms. The molecule has 0 saturated heterocycles. The molecule has 0 aliphatic heterocycles. The summed E-state index contributed by atoms with van der Waals surface area (Å²) in [5.41, 5.74) is 3.54. The zero-order valence-electron chi connectivity index (χ0n) is 15.7. The van der Waals surface area contributed by atoms with Gasteiger partial charge in [-0.3, -0.25) is 0 Å². The molecule has 0 amide bonds. The van der Waals surface area contributed by atoms with Gasteiger partial charge in [0.2, 0.25) is 0 Å². The number of halogens is 3. The van der Waals surface area contributed by atoms with Crippen molar-refractivity contribution in [1.82, 2.24) is 15.0 Å². The fourth-order valence-corrected chi connectivity index (χ4v) is 3.63. The topological polar surface area (TPSA) is 44.5 Å². The third-order valence-corrected chi connectivity index (χ3v) is 5.07. The molecule has 3 nitrogen and oxygen atoms in total. The molecule has 3 aromatic carbocycles. The number of alkyl halides is 3. The van der Waals surface area contributed by atoms with Crippen molar-refractivity contribution in [3.8, 4) is 33.9 Å². The van der Waals surface area contributed by atoms with Crippen molar-refractivity contribution >= 4 is 10.9 Å². The van der Waals surface area contributed by atoms with E-state index in [-0.39, 0.29) is 0 Å². The summed E-state index contributed by atoms with van der Waals surface area (Å²) >= 11 is 0. The number of para-hydroxylation sites is 1. The van der Waals surface area contributed by atoms with Crippen LogP contribution in [-0.4, -0.2) is 15.0 Å². The largest absolute Gasteiger partial charge is 0.416 e. The summed E-state index contributed by atoms with van der Waals surface area (Å²) in [5.74, 6) is 0.596. The van der Waals surface area contributed by atoms with Gasteiger partial charge in [-0.15, -0.1) is 0 Å². The van der Waals surface area contributed by atoms with Crippen LogP contribution in [0.2, 0.25) is 0 Å². The lowest BCUT2D eigenvalue weighted by Gasteiger charge is -2.08. The number of hydrogen-bond acceptors (Lipinski definition) is 1. The molecular weight excluding hydrogens is 387 g/mol. The van der Waals surface area contributed by atoms with Crippen LogP contribution in [0.1, 0.15) is 5.56 Å². The Morgan fingerprint density at radius 1 is 0.767 bits per heavy atom. The highest BCUT2D eigenvalue weighted by atomic mass is 19.4. The van der Waals surface area contributed by atoms with E-state index in [2.05, 4.69) is 9.97 Å². The molecule has 2 heterocycles. The Balaban J connectivity index is 1.73. The van der Waals surface area contributed by atoms with Crippen LogP contribution in [0.25, 0.3) is 44.8 Å². The van der Waals surface area contributed by atoms with Crippen LogP contribution in [0.5, 0.6) is 0 Å². The van der Waals surface area contributed by atoms with Gasteiger partial charge in [-0.1, -0.05) is 60.7 Å². The minimum atomic E-state index is -4.42. The van der Waals surface area contributed by atoms with E-state index < -0.39 is 11.7 Å². The zero-order chi connectivity index (χ0) is 20.7. The SMILES string of the molecule is FC(F)(F)c1cccc(-c2nc(-c3c[nH]c4ccccc34)[nH]c2-c2ccccc2)c1. The molecule has 0 aliphatic rings. The van der Waals surface area contributed by atoms with Gasteiger partial charge in [0.05, 0.1) is 17.0 Å². The van der Waals surface area contributed by atoms with Gasteiger partial charge >= 0.3 is 6.18 Å². The van der Waals surface area contributed by atoms with Crippen LogP contribution in [0.4, 0.5) is 13.2 Å². The number of rotatable bonds is 3. The summed E-state index contributed by atoms with van der Waals surface area (Å²) < 4.78 is 39.8. The van der Waals surface area contributed by atoms with Gasteiger partial charge in [0.1, 0.15) is 5.82 Å². The Bertz CT molecular complexity index is 1330. The molecule has 6 heteroatoms. The monoisotopic (exact) mass is 403 g/mol. The van der Waals surface area contributed by atoms with Crippen molar-refractivity contribution in [3.05, 3.63) is 90.6 Å². The van der Waals surface area contributed by atoms with E-state index in [4.69, 9.17) is 4.98 Å². The number of nitrogens with zero attached hydrogens (tertiary/aromatic N) is 1. The fraction of sp³-hybridized carbons (Fsp3) is 0.0417. The number of aromatic nitrogens is 3. The Morgan fingerprint density at radius 3 is 2.30 bits per heavy atom. The first-order valence-corrected chi connectivity index (χ1v) is 9.40. The number of nitrogens with one attached hydrogen (secondary N) is 2. The van der Waals surface area contributed by atoms with E-state index in [9.17, 15) is 13.2 Å². The number of imidazole rings is 1. The first-order chi connectivity index (χ1) is 14.5. The molecular formula is C24H16F3N3. The summed E-state index contributed by atoms with van der Waals surface area (Å²) in [7, 11) is 0. The van der Waals surface area contributed by atoms with E-state index in [1.807, 2.05) is 60.8 Å². The predicted molar refractivity (Wildman–Crippen MR) is 112 cm³/mol. The first-order valence-electron chi connectivity index (χ1n) is 9.40. The van der Waals surface area contributed by atoms with Crippen LogP contribution in [0.15, 0.2) is 85.1 Å². The van der Waals surface area contributed by atoms with Gasteiger partial charge in [-0.05, 0) is 18.2 Å². The maximum atomic E-state index is 13.3. The summed E-state index contributed by atoms with van der Waals surface area (Å²) in [6.07, 6.45) is -2.56. The van der Waals surface area contributed by atoms with Gasteiger partial charge < -0.3 is 9.97 Å². The number of benzene rings is 3. The average Bonchev–Trinajstić information content (AvgIpc) is 3.38. The maximum Gasteiger partial charge on any atom is 0.416 e. The Morgan fingerprint density at radius 2 is 1.50 bits per heavy atom. The smallest absolute Gasteiger partial charge is 0.360 e. The minimum Gasteiger partial charge on any atom is -0.360 e. The molecule has 0 bridgehead atoms. The highest BCUT2D eigenvalue weighted by Gasteiger charge is 2.31. The molecule has 2 aromatic heterocycles. The maximum absolute atomic E-state index is 13.3. The fourth-order valence-electron chi connectivity index (χ4n) is 3.63. The van der Waals surface area contributed by atoms with E-state index in [0.29, 0.717) is 22.8 Å². The Labute approximate surface area is 170 Å². The van der Waals surface area contributed by atoms with Gasteiger partial charge in [0, 0.05) is 33.8 Å². The Kier molecular flexibility index (Phi) is 4.20. The number of H-pyrrole nitrogens is 2. The minimum absolute atomic E-state index is 0.408. The van der Waals surface area contributed by atoms with E-state index in [1.165, 1.54) is 6.07 Å². The highest BCUT2D eigenvalue weighted by Crippen LogP contribution is 2.37. The predicted octanol–water partition coefficient (Wildman–Crippen LogP) is 6.91. The summed E-state index contributed by atoms with van der Waals surface area (Å²) in [6.45, 7) is 0. The Hall–Kier alpha value is -3.80. The zero-order valence-corrected chi connectivity index (χ0v) is 15.7. The molecule has 0 atom stereocenters. The number of hydrogen-bond donors (Lipinski definition) is 2. The quantitative estimate of drug-likeness (QED) is 0.338. The lowest BCUT2D eigenvalue weighted by atomic mass is 10.0. The molecule has 148 valence electrons. The molecule has 0 radical (unpaired) electrons. The molecule has 2 N–H and O–H groups in total. The van der Waals surface area contributed by atoms with Crippen molar-refractivity contribution in [3.63, 3.8) is 0 Å². The lowest BCUT2D eigenvalue weighted by Crippen LogP contribution is -2.04. The number of aromatic amines is 2. The molecule has 0 unspecified atom stereocenters. The molecule has 5 aromatic rings. The second kappa shape index (κ2) is 6.91. The summed E-state index contributed by atoms with van der Waals surface area (Å²) in [5, 5.41) is 0.987. The lowest BCUT2D eigenvalue weighted by molar-refractivity contribution is -0.137. The third-order valence-electron chi connectivity index (χ3n) is 5.07. The highest BCUT2D eigenvalue weighted by molar-refractivity contribution is 5.95. The average molecular weight is 403 g/mol. The first kappa shape index (κ1) is 18.2. The third kappa shape index (κ3) is 3.16. The van der Waals surface area contributed by atoms with Gasteiger partial charge in [0.15, 0.2) is 0 Å². The molecule has 0 fully saturated rings. The molecule has 0 saturated carbocycles. The van der Waals surface area contributed by atoms with E-state index >= 15 is 0 Å². The second-order valence-electron chi connectivity index (χ2n) is 7.00. The van der Waals surface area contributed by atoms with Crippen molar-refractivity contribution in [2.75, 3.05) is 0 Å². The summed E-state index contributed by atoms with van der Waals surface area (Å²) in [4.78, 5) is 11.3. The van der Waals surface area contributed by atoms with Gasteiger partial charge in [-0.2, -0.15) is 13.2 Å². The molecule has 5 rings (SSSR count). The van der Waals surface area contributed by atoms with Crippen molar-refractivity contribution in [2.45, 2.75) is 6.18 Å². The standard InChI is InChI=1S/C24H16F3N3/c25-24(26,27)17-10-6-9-16(13-17)22-21(15-7-2-1-3-8-15)29-23(30-22)19-14-28-20-12-5-4-11-18(19)20/h1-14,28H,(H,29,30). The van der Waals surface area contributed by atoms with Crippen molar-refractivity contribution in [2.24, 2.45) is 0 Å². The second-order valence-corrected chi connectivity index (χ2v) is 7.00. The normalized spacial score (nSPS) is 11.8. The van der Waals surface area contributed by atoms with Crippen molar-refractivity contribution in [1.29, 1.82) is 0 Å². The van der Waals surface area contributed by atoms with E-state index in [1.54, 1.807) is 6.07 Å². The van der Waals surface area contributed by atoms with Crippen LogP contribution >= 0.6 is 0 Å². The van der Waals surface area contributed by atoms with Crippen LogP contribution in [0.3, 0.4) is 0 Å². The van der Waals surface area contributed by atoms with Crippen LogP contribution in [-0.2, 0) is 6.18 Å². The van der Waals surface area contributed by atoms with E-state index in [0.717, 1.165) is 34.2 Å². The van der Waals surface area contributed by atoms with Crippen molar-refractivity contribution < 1.29 is 13.2 Å².